The third-order valence-corrected chi connectivity index (χ3v) is 5.96. The highest BCUT2D eigenvalue weighted by molar-refractivity contribution is 6.32. The Kier molecular flexibility index (Phi) is 7.33. The van der Waals surface area contributed by atoms with Crippen molar-refractivity contribution in [1.29, 1.82) is 0 Å². The number of amides is 1. The van der Waals surface area contributed by atoms with E-state index in [9.17, 15) is 9.90 Å². The van der Waals surface area contributed by atoms with Gasteiger partial charge in [-0.25, -0.2) is 4.79 Å². The number of aliphatic hydroxyl groups is 1. The third kappa shape index (κ3) is 6.35. The van der Waals surface area contributed by atoms with E-state index in [1.165, 1.54) is 0 Å². The van der Waals surface area contributed by atoms with Gasteiger partial charge >= 0.3 is 6.09 Å². The normalized spacial score (nSPS) is 18.4. The minimum Gasteiger partial charge on any atom is -0.489 e. The lowest BCUT2D eigenvalue weighted by Gasteiger charge is -2.28. The smallest absolute Gasteiger partial charge is 0.407 e. The monoisotopic (exact) mass is 444 g/mol. The van der Waals surface area contributed by atoms with E-state index in [0.717, 1.165) is 44.3 Å². The van der Waals surface area contributed by atoms with Crippen molar-refractivity contribution in [2.45, 2.75) is 50.5 Å². The fraction of sp³-hybridized carbons (Fsp3) is 0.458. The van der Waals surface area contributed by atoms with E-state index in [4.69, 9.17) is 21.1 Å². The van der Waals surface area contributed by atoms with Gasteiger partial charge in [-0.05, 0) is 62.0 Å². The second-order valence-corrected chi connectivity index (χ2v) is 8.68. The van der Waals surface area contributed by atoms with E-state index in [1.54, 1.807) is 12.1 Å². The average Bonchev–Trinajstić information content (AvgIpc) is 3.45. The molecule has 0 bridgehead atoms. The largest absolute Gasteiger partial charge is 0.489 e. The van der Waals surface area contributed by atoms with Gasteiger partial charge in [0, 0.05) is 6.54 Å². The summed E-state index contributed by atoms with van der Waals surface area (Å²) in [6.07, 6.45) is 3.13. The van der Waals surface area contributed by atoms with Gasteiger partial charge in [0.25, 0.3) is 0 Å². The number of benzene rings is 2. The van der Waals surface area contributed by atoms with Crippen molar-refractivity contribution in [3.63, 3.8) is 0 Å². The molecule has 2 fully saturated rings. The molecule has 4 rings (SSSR count). The molecule has 0 unspecified atom stereocenters. The van der Waals surface area contributed by atoms with Crippen LogP contribution in [-0.4, -0.2) is 47.9 Å². The maximum Gasteiger partial charge on any atom is 0.407 e. The second kappa shape index (κ2) is 10.4. The Morgan fingerprint density at radius 1 is 1.16 bits per heavy atom. The molecule has 0 spiro atoms. The van der Waals surface area contributed by atoms with Crippen LogP contribution in [0, 0.1) is 0 Å². The Morgan fingerprint density at radius 2 is 1.90 bits per heavy atom. The highest BCUT2D eigenvalue weighted by atomic mass is 35.5. The highest BCUT2D eigenvalue weighted by Crippen LogP contribution is 2.34. The molecule has 1 saturated carbocycles. The molecule has 6 nitrogen and oxygen atoms in total. The van der Waals surface area contributed by atoms with Gasteiger partial charge in [0.2, 0.25) is 0 Å². The van der Waals surface area contributed by atoms with Crippen LogP contribution < -0.4 is 10.1 Å². The summed E-state index contributed by atoms with van der Waals surface area (Å²) in [6, 6.07) is 14.3. The predicted molar refractivity (Wildman–Crippen MR) is 119 cm³/mol. The van der Waals surface area contributed by atoms with Crippen LogP contribution in [0.25, 0.3) is 0 Å². The van der Waals surface area contributed by atoms with Crippen LogP contribution in [0.15, 0.2) is 48.5 Å². The Hall–Kier alpha value is -2.28. The minimum atomic E-state index is -0.919. The molecule has 1 amide bonds. The lowest BCUT2D eigenvalue weighted by atomic mass is 10.0. The number of nitrogens with zero attached hydrogens (tertiary/aromatic N) is 1. The summed E-state index contributed by atoms with van der Waals surface area (Å²) in [6.45, 7) is 2.63. The van der Waals surface area contributed by atoms with Crippen LogP contribution in [0.4, 0.5) is 4.79 Å². The predicted octanol–water partition coefficient (Wildman–Crippen LogP) is 4.31. The SMILES string of the molecule is O=C(N[C@H](CN1CCCC1)[C@H](O)c1ccc(OC2CC2)c(Cl)c1)OCc1ccccc1. The van der Waals surface area contributed by atoms with Gasteiger partial charge in [0.15, 0.2) is 0 Å². The van der Waals surface area contributed by atoms with Crippen LogP contribution in [0.5, 0.6) is 5.75 Å². The first-order chi connectivity index (χ1) is 15.1. The molecule has 31 heavy (non-hydrogen) atoms. The van der Waals surface area contributed by atoms with Crippen LogP contribution in [0.2, 0.25) is 5.02 Å². The van der Waals surface area contributed by atoms with Crippen molar-refractivity contribution < 1.29 is 19.4 Å². The van der Waals surface area contributed by atoms with Crippen molar-refractivity contribution in [3.8, 4) is 5.75 Å². The number of carbonyl (C=O) groups excluding carboxylic acids is 1. The molecule has 1 aliphatic heterocycles. The Balaban J connectivity index is 1.41. The molecular formula is C24H29ClN2O4. The zero-order valence-corrected chi connectivity index (χ0v) is 18.3. The molecule has 0 aromatic heterocycles. The number of aliphatic hydroxyl groups excluding tert-OH is 1. The molecule has 1 saturated heterocycles. The summed E-state index contributed by atoms with van der Waals surface area (Å²) in [7, 11) is 0. The fourth-order valence-electron chi connectivity index (χ4n) is 3.78. The number of nitrogens with one attached hydrogen (secondary N) is 1. The molecule has 7 heteroatoms. The van der Waals surface area contributed by atoms with Gasteiger partial charge in [0.05, 0.1) is 17.2 Å². The molecular weight excluding hydrogens is 416 g/mol. The number of alkyl carbamates (subject to hydrolysis) is 1. The van der Waals surface area contributed by atoms with Gasteiger partial charge < -0.3 is 24.8 Å². The van der Waals surface area contributed by atoms with Crippen molar-refractivity contribution in [3.05, 3.63) is 64.7 Å². The number of rotatable bonds is 9. The van der Waals surface area contributed by atoms with Gasteiger partial charge in [-0.1, -0.05) is 48.0 Å². The standard InChI is InChI=1S/C24H29ClN2O4/c25-20-14-18(8-11-22(20)31-19-9-10-19)23(28)21(15-27-12-4-5-13-27)26-24(29)30-16-17-6-2-1-3-7-17/h1-3,6-8,11,14,19,21,23,28H,4-5,9-10,12-13,15-16H2,(H,26,29)/t21-,23-/m1/s1. The Morgan fingerprint density at radius 3 is 2.58 bits per heavy atom. The van der Waals surface area contributed by atoms with Crippen molar-refractivity contribution >= 4 is 17.7 Å². The molecule has 2 aromatic rings. The van der Waals surface area contributed by atoms with Gasteiger partial charge in [0.1, 0.15) is 18.5 Å². The lowest BCUT2D eigenvalue weighted by Crippen LogP contribution is -2.46. The first-order valence-corrected chi connectivity index (χ1v) is 11.3. The Bertz CT molecular complexity index is 869. The summed E-state index contributed by atoms with van der Waals surface area (Å²) in [5, 5.41) is 14.4. The van der Waals surface area contributed by atoms with Crippen molar-refractivity contribution in [2.75, 3.05) is 19.6 Å². The van der Waals surface area contributed by atoms with Crippen molar-refractivity contribution in [1.82, 2.24) is 10.2 Å². The van der Waals surface area contributed by atoms with Crippen LogP contribution >= 0.6 is 11.6 Å². The number of halogens is 1. The third-order valence-electron chi connectivity index (χ3n) is 5.67. The Labute approximate surface area is 188 Å². The minimum absolute atomic E-state index is 0.179. The number of hydrogen-bond donors (Lipinski definition) is 2. The van der Waals surface area contributed by atoms with Crippen LogP contribution in [0.1, 0.15) is 42.9 Å². The topological polar surface area (TPSA) is 71.0 Å². The summed E-state index contributed by atoms with van der Waals surface area (Å²) in [4.78, 5) is 14.7. The van der Waals surface area contributed by atoms with E-state index < -0.39 is 18.2 Å². The first kappa shape index (κ1) is 21.9. The van der Waals surface area contributed by atoms with E-state index in [2.05, 4.69) is 10.2 Å². The summed E-state index contributed by atoms with van der Waals surface area (Å²) < 4.78 is 11.2. The summed E-state index contributed by atoms with van der Waals surface area (Å²) in [5.41, 5.74) is 1.55. The van der Waals surface area contributed by atoms with Crippen LogP contribution in [0.3, 0.4) is 0 Å². The first-order valence-electron chi connectivity index (χ1n) is 10.9. The molecule has 0 radical (unpaired) electrons. The summed E-state index contributed by atoms with van der Waals surface area (Å²) >= 11 is 6.39. The van der Waals surface area contributed by atoms with Crippen LogP contribution in [-0.2, 0) is 11.3 Å². The van der Waals surface area contributed by atoms with Crippen molar-refractivity contribution in [2.24, 2.45) is 0 Å². The number of ether oxygens (including phenoxy) is 2. The summed E-state index contributed by atoms with van der Waals surface area (Å²) in [5.74, 6) is 0.631. The number of carbonyl (C=O) groups is 1. The lowest BCUT2D eigenvalue weighted by molar-refractivity contribution is 0.0882. The highest BCUT2D eigenvalue weighted by Gasteiger charge is 2.29. The zero-order chi connectivity index (χ0) is 21.6. The van der Waals surface area contributed by atoms with E-state index in [1.807, 2.05) is 36.4 Å². The molecule has 2 atom stereocenters. The molecule has 1 aliphatic carbocycles. The zero-order valence-electron chi connectivity index (χ0n) is 17.5. The number of hydrogen-bond acceptors (Lipinski definition) is 5. The van der Waals surface area contributed by atoms with E-state index in [0.29, 0.717) is 22.9 Å². The molecule has 2 aliphatic rings. The molecule has 166 valence electrons. The second-order valence-electron chi connectivity index (χ2n) is 8.27. The van der Waals surface area contributed by atoms with Gasteiger partial charge in [-0.2, -0.15) is 0 Å². The molecule has 1 heterocycles. The molecule has 2 aromatic carbocycles. The maximum atomic E-state index is 12.5. The van der Waals surface area contributed by atoms with Gasteiger partial charge in [-0.3, -0.25) is 0 Å². The van der Waals surface area contributed by atoms with E-state index >= 15 is 0 Å². The van der Waals surface area contributed by atoms with E-state index in [-0.39, 0.29) is 12.7 Å². The fourth-order valence-corrected chi connectivity index (χ4v) is 4.01. The van der Waals surface area contributed by atoms with Gasteiger partial charge in [-0.15, -0.1) is 0 Å². The number of likely N-dealkylation sites (tertiary alicyclic amines) is 1. The maximum absolute atomic E-state index is 12.5. The molecule has 2 N–H and O–H groups in total. The average molecular weight is 445 g/mol. The quantitative estimate of drug-likeness (QED) is 0.603.